The van der Waals surface area contributed by atoms with Crippen LogP contribution in [0.15, 0.2) is 29.6 Å². The van der Waals surface area contributed by atoms with E-state index in [9.17, 15) is 4.79 Å². The second-order valence-electron chi connectivity index (χ2n) is 4.06. The summed E-state index contributed by atoms with van der Waals surface area (Å²) >= 11 is 0. The minimum Gasteiger partial charge on any atom is -0.461 e. The van der Waals surface area contributed by atoms with Crippen molar-refractivity contribution in [1.82, 2.24) is 4.98 Å². The van der Waals surface area contributed by atoms with E-state index in [2.05, 4.69) is 17.1 Å². The average molecular weight is 260 g/mol. The lowest BCUT2D eigenvalue weighted by molar-refractivity contribution is -0.135. The van der Waals surface area contributed by atoms with Crippen molar-refractivity contribution in [1.29, 1.82) is 0 Å². The Balaban J connectivity index is 2.54. The van der Waals surface area contributed by atoms with Gasteiger partial charge in [-0.1, -0.05) is 30.3 Å². The molecular formula is C14H16N2O3. The molecule has 1 aromatic heterocycles. The SMILES string of the molecule is CCOC(=O)C(=NO)c1c[nH]c2c(CC)cccc12. The van der Waals surface area contributed by atoms with Gasteiger partial charge >= 0.3 is 5.97 Å². The van der Waals surface area contributed by atoms with Crippen LogP contribution in [0.3, 0.4) is 0 Å². The summed E-state index contributed by atoms with van der Waals surface area (Å²) in [5.74, 6) is -0.632. The second kappa shape index (κ2) is 5.56. The predicted octanol–water partition coefficient (Wildman–Crippen LogP) is 2.47. The zero-order chi connectivity index (χ0) is 13.8. The lowest BCUT2D eigenvalue weighted by Crippen LogP contribution is -2.18. The van der Waals surface area contributed by atoms with Gasteiger partial charge in [-0.15, -0.1) is 0 Å². The molecule has 0 spiro atoms. The first-order valence-electron chi connectivity index (χ1n) is 6.21. The van der Waals surface area contributed by atoms with Gasteiger partial charge in [0.2, 0.25) is 0 Å². The molecule has 5 nitrogen and oxygen atoms in total. The quantitative estimate of drug-likeness (QED) is 0.384. The third kappa shape index (κ3) is 2.31. The summed E-state index contributed by atoms with van der Waals surface area (Å²) in [6.07, 6.45) is 2.54. The van der Waals surface area contributed by atoms with Gasteiger partial charge in [-0.2, -0.15) is 0 Å². The smallest absolute Gasteiger partial charge is 0.361 e. The minimum absolute atomic E-state index is 0.0821. The van der Waals surface area contributed by atoms with Gasteiger partial charge in [-0.25, -0.2) is 4.79 Å². The molecule has 0 atom stereocenters. The molecule has 2 rings (SSSR count). The lowest BCUT2D eigenvalue weighted by atomic mass is 10.0. The van der Waals surface area contributed by atoms with Gasteiger partial charge in [-0.05, 0) is 18.9 Å². The van der Waals surface area contributed by atoms with Crippen LogP contribution in [0.4, 0.5) is 0 Å². The lowest BCUT2D eigenvalue weighted by Gasteiger charge is -2.03. The van der Waals surface area contributed by atoms with Gasteiger partial charge in [0.15, 0.2) is 5.71 Å². The van der Waals surface area contributed by atoms with E-state index in [-0.39, 0.29) is 12.3 Å². The summed E-state index contributed by atoms with van der Waals surface area (Å²) in [5, 5.41) is 13.0. The number of nitrogens with zero attached hydrogens (tertiary/aromatic N) is 1. The van der Waals surface area contributed by atoms with Crippen LogP contribution in [0.2, 0.25) is 0 Å². The highest BCUT2D eigenvalue weighted by Crippen LogP contribution is 2.23. The predicted molar refractivity (Wildman–Crippen MR) is 72.6 cm³/mol. The Morgan fingerprint density at radius 1 is 1.42 bits per heavy atom. The third-order valence-corrected chi connectivity index (χ3v) is 3.01. The number of carbonyl (C=O) groups is 1. The topological polar surface area (TPSA) is 74.7 Å². The van der Waals surface area contributed by atoms with Crippen molar-refractivity contribution in [2.24, 2.45) is 5.16 Å². The number of carbonyl (C=O) groups excluding carboxylic acids is 1. The largest absolute Gasteiger partial charge is 0.461 e. The van der Waals surface area contributed by atoms with Crippen molar-refractivity contribution in [2.45, 2.75) is 20.3 Å². The highest BCUT2D eigenvalue weighted by atomic mass is 16.5. The molecule has 100 valence electrons. The molecule has 0 amide bonds. The van der Waals surface area contributed by atoms with Crippen LogP contribution in [0.25, 0.3) is 10.9 Å². The normalized spacial score (nSPS) is 11.8. The number of aromatic nitrogens is 1. The Bertz CT molecular complexity index is 629. The molecule has 0 saturated carbocycles. The van der Waals surface area contributed by atoms with Crippen LogP contribution in [0.1, 0.15) is 25.0 Å². The van der Waals surface area contributed by atoms with E-state index in [1.165, 1.54) is 0 Å². The molecule has 2 aromatic rings. The fourth-order valence-electron chi connectivity index (χ4n) is 2.11. The molecule has 0 saturated heterocycles. The number of nitrogens with one attached hydrogen (secondary N) is 1. The molecule has 0 unspecified atom stereocenters. The number of esters is 1. The first-order valence-corrected chi connectivity index (χ1v) is 6.21. The van der Waals surface area contributed by atoms with Gasteiger partial charge in [-0.3, -0.25) is 0 Å². The molecule has 0 bridgehead atoms. The standard InChI is InChI=1S/C14H16N2O3/c1-3-9-6-5-7-10-11(8-15-12(9)10)13(16-18)14(17)19-4-2/h5-8,15,18H,3-4H2,1-2H3. The number of ether oxygens (including phenoxy) is 1. The molecule has 19 heavy (non-hydrogen) atoms. The number of hydrogen-bond donors (Lipinski definition) is 2. The first kappa shape index (κ1) is 13.1. The Morgan fingerprint density at radius 2 is 2.21 bits per heavy atom. The number of H-pyrrole nitrogens is 1. The molecule has 0 fully saturated rings. The molecule has 0 aliphatic rings. The van der Waals surface area contributed by atoms with Crippen molar-refractivity contribution >= 4 is 22.6 Å². The number of benzene rings is 1. The van der Waals surface area contributed by atoms with Crippen LogP contribution < -0.4 is 0 Å². The number of fused-ring (bicyclic) bond motifs is 1. The van der Waals surface area contributed by atoms with Gasteiger partial charge in [0.25, 0.3) is 0 Å². The summed E-state index contributed by atoms with van der Waals surface area (Å²) in [6.45, 7) is 4.00. The fraction of sp³-hybridized carbons (Fsp3) is 0.286. The summed E-state index contributed by atoms with van der Waals surface area (Å²) in [6, 6.07) is 5.81. The zero-order valence-corrected chi connectivity index (χ0v) is 10.9. The molecule has 1 aromatic carbocycles. The molecule has 2 N–H and O–H groups in total. The van der Waals surface area contributed by atoms with E-state index in [4.69, 9.17) is 9.94 Å². The average Bonchev–Trinajstić information content (AvgIpc) is 2.84. The third-order valence-electron chi connectivity index (χ3n) is 3.01. The van der Waals surface area contributed by atoms with Crippen molar-refractivity contribution in [3.63, 3.8) is 0 Å². The summed E-state index contributed by atoms with van der Waals surface area (Å²) in [5.41, 5.74) is 2.56. The molecule has 0 aliphatic carbocycles. The number of aryl methyl sites for hydroxylation is 1. The van der Waals surface area contributed by atoms with E-state index in [1.807, 2.05) is 18.2 Å². The molecule has 5 heteroatoms. The Labute approximate surface area is 110 Å². The van der Waals surface area contributed by atoms with Gasteiger partial charge in [0.1, 0.15) is 0 Å². The van der Waals surface area contributed by atoms with Crippen LogP contribution in [0, 0.1) is 0 Å². The number of oxime groups is 1. The number of rotatable bonds is 4. The number of para-hydroxylation sites is 1. The molecule has 0 radical (unpaired) electrons. The van der Waals surface area contributed by atoms with Crippen molar-refractivity contribution in [3.05, 3.63) is 35.5 Å². The van der Waals surface area contributed by atoms with E-state index >= 15 is 0 Å². The van der Waals surface area contributed by atoms with Crippen molar-refractivity contribution in [2.75, 3.05) is 6.61 Å². The van der Waals surface area contributed by atoms with E-state index in [1.54, 1.807) is 13.1 Å². The maximum absolute atomic E-state index is 11.7. The van der Waals surface area contributed by atoms with Gasteiger partial charge in [0.05, 0.1) is 6.61 Å². The van der Waals surface area contributed by atoms with Crippen LogP contribution in [-0.2, 0) is 16.0 Å². The van der Waals surface area contributed by atoms with Crippen LogP contribution in [0.5, 0.6) is 0 Å². The zero-order valence-electron chi connectivity index (χ0n) is 10.9. The van der Waals surface area contributed by atoms with Crippen molar-refractivity contribution in [3.8, 4) is 0 Å². The second-order valence-corrected chi connectivity index (χ2v) is 4.06. The Hall–Kier alpha value is -2.30. The minimum atomic E-state index is -0.632. The summed E-state index contributed by atoms with van der Waals surface area (Å²) in [7, 11) is 0. The highest BCUT2D eigenvalue weighted by molar-refractivity contribution is 6.45. The summed E-state index contributed by atoms with van der Waals surface area (Å²) < 4.78 is 4.88. The maximum Gasteiger partial charge on any atom is 0.361 e. The number of hydrogen-bond acceptors (Lipinski definition) is 4. The Morgan fingerprint density at radius 3 is 2.84 bits per heavy atom. The van der Waals surface area contributed by atoms with Crippen LogP contribution >= 0.6 is 0 Å². The maximum atomic E-state index is 11.7. The number of aromatic amines is 1. The molecular weight excluding hydrogens is 244 g/mol. The summed E-state index contributed by atoms with van der Waals surface area (Å²) in [4.78, 5) is 14.9. The van der Waals surface area contributed by atoms with E-state index < -0.39 is 5.97 Å². The molecule has 1 heterocycles. The van der Waals surface area contributed by atoms with E-state index in [0.29, 0.717) is 5.56 Å². The Kier molecular flexibility index (Phi) is 3.85. The van der Waals surface area contributed by atoms with Crippen LogP contribution in [-0.4, -0.2) is 28.5 Å². The molecule has 0 aliphatic heterocycles. The van der Waals surface area contributed by atoms with Crippen molar-refractivity contribution < 1.29 is 14.7 Å². The fourth-order valence-corrected chi connectivity index (χ4v) is 2.11. The first-order chi connectivity index (χ1) is 9.22. The van der Waals surface area contributed by atoms with Gasteiger partial charge < -0.3 is 14.9 Å². The van der Waals surface area contributed by atoms with E-state index in [0.717, 1.165) is 22.9 Å². The highest BCUT2D eigenvalue weighted by Gasteiger charge is 2.20. The monoisotopic (exact) mass is 260 g/mol. The van der Waals surface area contributed by atoms with Gasteiger partial charge in [0, 0.05) is 22.7 Å².